The number of halogens is 2. The fourth-order valence-electron chi connectivity index (χ4n) is 4.64. The van der Waals surface area contributed by atoms with Crippen LogP contribution in [0.25, 0.3) is 0 Å². The first-order valence-corrected chi connectivity index (χ1v) is 15.9. The third-order valence-electron chi connectivity index (χ3n) is 7.02. The number of nitrogens with one attached hydrogen (secondary N) is 1. The lowest BCUT2D eigenvalue weighted by molar-refractivity contribution is -0.139. The number of rotatable bonds is 15. The van der Waals surface area contributed by atoms with Crippen molar-refractivity contribution in [1.82, 2.24) is 14.9 Å². The number of amides is 1. The highest BCUT2D eigenvalue weighted by molar-refractivity contribution is 7.90. The van der Waals surface area contributed by atoms with E-state index >= 15 is 0 Å². The molecule has 0 spiro atoms. The van der Waals surface area contributed by atoms with Crippen LogP contribution in [0.1, 0.15) is 45.1 Å². The van der Waals surface area contributed by atoms with Gasteiger partial charge in [0.15, 0.2) is 0 Å². The fourth-order valence-corrected chi connectivity index (χ4v) is 5.30. The zero-order valence-electron chi connectivity index (χ0n) is 24.0. The summed E-state index contributed by atoms with van der Waals surface area (Å²) in [6, 6.07) is 15.7. The number of sulfone groups is 1. The highest BCUT2D eigenvalue weighted by Gasteiger charge is 2.24. The number of aromatic nitrogens is 2. The second-order valence-electron chi connectivity index (χ2n) is 10.5. The summed E-state index contributed by atoms with van der Waals surface area (Å²) in [6.07, 6.45) is 6.22. The van der Waals surface area contributed by atoms with Gasteiger partial charge in [0, 0.05) is 24.2 Å². The minimum atomic E-state index is -3.44. The Kier molecular flexibility index (Phi) is 11.0. The average molecular weight is 626 g/mol. The number of nitrogens with zero attached hydrogens (tertiary/aromatic N) is 2. The molecule has 0 saturated carbocycles. The number of carboxylic acid groups (broad SMARTS) is 1. The van der Waals surface area contributed by atoms with Gasteiger partial charge in [0.1, 0.15) is 33.6 Å². The van der Waals surface area contributed by atoms with Crippen molar-refractivity contribution in [3.8, 4) is 0 Å². The molecule has 4 rings (SSSR count). The maximum absolute atomic E-state index is 13.6. The third-order valence-corrected chi connectivity index (χ3v) is 8.00. The summed E-state index contributed by atoms with van der Waals surface area (Å²) in [5.41, 5.74) is 3.18. The van der Waals surface area contributed by atoms with Crippen molar-refractivity contribution < 1.29 is 36.6 Å². The highest BCUT2D eigenvalue weighted by atomic mass is 32.2. The Morgan fingerprint density at radius 1 is 0.977 bits per heavy atom. The molecule has 3 aromatic carbocycles. The molecule has 12 heteroatoms. The van der Waals surface area contributed by atoms with E-state index in [0.717, 1.165) is 22.9 Å². The molecule has 1 heterocycles. The van der Waals surface area contributed by atoms with Crippen LogP contribution in [0, 0.1) is 11.6 Å². The van der Waals surface area contributed by atoms with Crippen molar-refractivity contribution in [1.29, 1.82) is 0 Å². The number of benzene rings is 3. The Morgan fingerprint density at radius 2 is 1.64 bits per heavy atom. The molecule has 1 amide bonds. The van der Waals surface area contributed by atoms with E-state index in [2.05, 4.69) is 10.3 Å². The number of aliphatic carboxylic acids is 1. The van der Waals surface area contributed by atoms with E-state index < -0.39 is 39.6 Å². The Labute approximate surface area is 254 Å². The second kappa shape index (κ2) is 14.8. The van der Waals surface area contributed by atoms with Crippen LogP contribution in [0.3, 0.4) is 0 Å². The first-order valence-electron chi connectivity index (χ1n) is 13.9. The van der Waals surface area contributed by atoms with Gasteiger partial charge in [0.25, 0.3) is 5.91 Å². The summed E-state index contributed by atoms with van der Waals surface area (Å²) < 4.78 is 58.3. The van der Waals surface area contributed by atoms with Gasteiger partial charge in [-0.2, -0.15) is 0 Å². The quantitative estimate of drug-likeness (QED) is 0.199. The molecule has 9 nitrogen and oxygen atoms in total. The first-order chi connectivity index (χ1) is 21.0. The van der Waals surface area contributed by atoms with Crippen molar-refractivity contribution in [3.05, 3.63) is 125 Å². The van der Waals surface area contributed by atoms with Crippen molar-refractivity contribution >= 4 is 21.7 Å². The number of carboxylic acids is 1. The Hall–Kier alpha value is -4.42. The molecule has 1 unspecified atom stereocenters. The summed E-state index contributed by atoms with van der Waals surface area (Å²) in [6.45, 7) is 0.571. The molecule has 232 valence electrons. The molecule has 0 saturated heterocycles. The molecule has 4 aromatic rings. The molecule has 0 radical (unpaired) electrons. The molecule has 0 aliphatic heterocycles. The van der Waals surface area contributed by atoms with Crippen LogP contribution in [0.15, 0.2) is 85.5 Å². The number of carbonyl (C=O) groups excluding carboxylic acids is 1. The number of imidazole rings is 1. The zero-order valence-corrected chi connectivity index (χ0v) is 24.8. The molecular weight excluding hydrogens is 592 g/mol. The molecule has 1 aromatic heterocycles. The van der Waals surface area contributed by atoms with Crippen LogP contribution in [-0.4, -0.2) is 53.0 Å². The SMILES string of the molecule is CS(=O)(=O)CC[C@H](NC(=O)c1ccc(COC(Cn2ccnc2)c2ccc(F)cc2)cc1CCc1ccc(F)cc1)C(=O)O. The molecule has 0 aliphatic carbocycles. The van der Waals surface area contributed by atoms with E-state index in [1.807, 2.05) is 4.57 Å². The fraction of sp³-hybridized carbons (Fsp3) is 0.281. The molecule has 0 aliphatic rings. The van der Waals surface area contributed by atoms with Crippen LogP contribution < -0.4 is 5.32 Å². The number of ether oxygens (including phenoxy) is 1. The Morgan fingerprint density at radius 3 is 2.25 bits per heavy atom. The monoisotopic (exact) mass is 625 g/mol. The summed E-state index contributed by atoms with van der Waals surface area (Å²) in [5.74, 6) is -3.13. The maximum atomic E-state index is 13.6. The van der Waals surface area contributed by atoms with E-state index in [9.17, 15) is 31.9 Å². The van der Waals surface area contributed by atoms with Crippen molar-refractivity contribution in [2.75, 3.05) is 12.0 Å². The predicted octanol–water partition coefficient (Wildman–Crippen LogP) is 4.52. The minimum Gasteiger partial charge on any atom is -0.480 e. The van der Waals surface area contributed by atoms with Crippen LogP contribution in [-0.2, 0) is 45.4 Å². The van der Waals surface area contributed by atoms with Gasteiger partial charge in [-0.3, -0.25) is 4.79 Å². The van der Waals surface area contributed by atoms with E-state index in [1.165, 1.54) is 24.3 Å². The first kappa shape index (κ1) is 32.5. The normalized spacial score (nSPS) is 12.9. The molecular formula is C32H33F2N3O6S. The van der Waals surface area contributed by atoms with E-state index in [-0.39, 0.29) is 30.2 Å². The lowest BCUT2D eigenvalue weighted by atomic mass is 9.96. The molecule has 44 heavy (non-hydrogen) atoms. The van der Waals surface area contributed by atoms with Gasteiger partial charge in [-0.05, 0) is 71.8 Å². The summed E-state index contributed by atoms with van der Waals surface area (Å²) in [5, 5.41) is 12.0. The largest absolute Gasteiger partial charge is 0.480 e. The lowest BCUT2D eigenvalue weighted by Gasteiger charge is -2.20. The lowest BCUT2D eigenvalue weighted by Crippen LogP contribution is -2.42. The van der Waals surface area contributed by atoms with Gasteiger partial charge < -0.3 is 19.7 Å². The molecule has 2 atom stereocenters. The van der Waals surface area contributed by atoms with E-state index in [4.69, 9.17) is 4.74 Å². The third kappa shape index (κ3) is 9.81. The van der Waals surface area contributed by atoms with Gasteiger partial charge in [0.05, 0.1) is 25.2 Å². The van der Waals surface area contributed by atoms with Crippen LogP contribution >= 0.6 is 0 Å². The topological polar surface area (TPSA) is 128 Å². The Bertz CT molecular complexity index is 1660. The van der Waals surface area contributed by atoms with Gasteiger partial charge in [-0.25, -0.2) is 27.0 Å². The summed E-state index contributed by atoms with van der Waals surface area (Å²) in [7, 11) is -3.44. The smallest absolute Gasteiger partial charge is 0.326 e. The number of hydrogen-bond acceptors (Lipinski definition) is 6. The zero-order chi connectivity index (χ0) is 31.7. The number of aryl methyl sites for hydroxylation is 2. The highest BCUT2D eigenvalue weighted by Crippen LogP contribution is 2.24. The molecule has 0 fully saturated rings. The van der Waals surface area contributed by atoms with Gasteiger partial charge in [0.2, 0.25) is 0 Å². The average Bonchev–Trinajstić information content (AvgIpc) is 3.50. The predicted molar refractivity (Wildman–Crippen MR) is 160 cm³/mol. The minimum absolute atomic E-state index is 0.147. The molecule has 2 N–H and O–H groups in total. The summed E-state index contributed by atoms with van der Waals surface area (Å²) in [4.78, 5) is 29.1. The van der Waals surface area contributed by atoms with Gasteiger partial charge in [-0.1, -0.05) is 36.4 Å². The number of hydrogen-bond donors (Lipinski definition) is 2. The second-order valence-corrected chi connectivity index (χ2v) is 12.8. The van der Waals surface area contributed by atoms with Gasteiger partial charge >= 0.3 is 5.97 Å². The van der Waals surface area contributed by atoms with Crippen LogP contribution in [0.4, 0.5) is 8.78 Å². The van der Waals surface area contributed by atoms with E-state index in [0.29, 0.717) is 24.9 Å². The standard InChI is InChI=1S/C32H33F2N3O6S/c1-44(41,42)17-14-29(32(39)40)36-31(38)28-13-5-23(18-25(28)6-2-22-3-9-26(33)10-4-22)20-43-30(19-37-16-15-35-21-37)24-7-11-27(34)12-8-24/h3-5,7-13,15-16,18,21,29-30H,2,6,14,17,19-20H2,1H3,(H,36,38)(H,39,40)/t29-,30?/m0/s1. The van der Waals surface area contributed by atoms with Gasteiger partial charge in [-0.15, -0.1) is 0 Å². The van der Waals surface area contributed by atoms with E-state index in [1.54, 1.807) is 61.2 Å². The van der Waals surface area contributed by atoms with Crippen LogP contribution in [0.2, 0.25) is 0 Å². The maximum Gasteiger partial charge on any atom is 0.326 e. The summed E-state index contributed by atoms with van der Waals surface area (Å²) >= 11 is 0. The van der Waals surface area contributed by atoms with Crippen LogP contribution in [0.5, 0.6) is 0 Å². The van der Waals surface area contributed by atoms with Crippen molar-refractivity contribution in [2.45, 2.75) is 44.6 Å². The molecule has 0 bridgehead atoms. The number of carbonyl (C=O) groups is 2. The Balaban J connectivity index is 1.56. The van der Waals surface area contributed by atoms with Crippen molar-refractivity contribution in [3.63, 3.8) is 0 Å². The van der Waals surface area contributed by atoms with Crippen molar-refractivity contribution in [2.24, 2.45) is 0 Å².